The number of hydrogen-bond donors (Lipinski definition) is 7. The Morgan fingerprint density at radius 1 is 0.507 bits per heavy atom. The summed E-state index contributed by atoms with van der Waals surface area (Å²) in [6.45, 7) is 33.4. The van der Waals surface area contributed by atoms with Crippen molar-refractivity contribution in [3.8, 4) is 12.1 Å². The van der Waals surface area contributed by atoms with E-state index < -0.39 is 41.8 Å². The number of carbonyl (C=O) groups excluding carboxylic acids is 4. The summed E-state index contributed by atoms with van der Waals surface area (Å²) in [5.41, 5.74) is 11.8. The van der Waals surface area contributed by atoms with Crippen molar-refractivity contribution in [1.82, 2.24) is 34.7 Å². The SMILES string of the molecule is C.CC(=O)Cl.CC(=O)O[C@H]1CCN(C(C)=O)C1.CCN1CC[C@@H](Cl)C1.CCN1CC[C@H](C(C#N)(c2ccccc2)c2ccccc2)C1.CCN1CC[C@H](C(C(=O)O)(c2ccccc2)c2ccccc2)C1.CCN1CC[C@H](C(C(N)=O)(c2ccccc2)c2ccccc2)C1.CCN1CC[C@H](O)C1.ClCCl.N#CC(c1ccccc1)c1ccccc1.O=S(=O)(O)O.O=S(Cl)Cl.O[C@H]1CCNC1.[AlH3].[H-].[Li+]. The van der Waals surface area contributed by atoms with Crippen molar-refractivity contribution in [1.29, 1.82) is 10.5 Å². The first-order valence-corrected chi connectivity index (χ1v) is 51.0. The van der Waals surface area contributed by atoms with E-state index in [9.17, 15) is 39.6 Å². The fourth-order valence-electron chi connectivity index (χ4n) is 17.5. The maximum Gasteiger partial charge on any atom is 1.00 e. The molecule has 7 aliphatic heterocycles. The summed E-state index contributed by atoms with van der Waals surface area (Å²) in [5.74, 6) is -0.782. The summed E-state index contributed by atoms with van der Waals surface area (Å²) in [6, 6.07) is 84.8. The molecule has 8 aromatic rings. The number of carboxylic acids is 1. The van der Waals surface area contributed by atoms with Gasteiger partial charge in [0.15, 0.2) is 17.4 Å². The predicted octanol–water partition coefficient (Wildman–Crippen LogP) is 13.4. The van der Waals surface area contributed by atoms with E-state index in [0.717, 1.165) is 188 Å². The summed E-state index contributed by atoms with van der Waals surface area (Å²) in [7, 11) is 2.69. The number of esters is 1. The first-order chi connectivity index (χ1) is 63.6. The Hall–Kier alpha value is -7.14. The first-order valence-electron chi connectivity index (χ1n) is 44.9. The van der Waals surface area contributed by atoms with Gasteiger partial charge in [-0.2, -0.15) is 18.9 Å². The molecule has 0 radical (unpaired) electrons. The van der Waals surface area contributed by atoms with Crippen LogP contribution in [0.4, 0.5) is 0 Å². The van der Waals surface area contributed by atoms with Crippen molar-refractivity contribution in [2.75, 3.05) is 130 Å². The summed E-state index contributed by atoms with van der Waals surface area (Å²) >= 11 is 20.0. The van der Waals surface area contributed by atoms with Crippen molar-refractivity contribution in [3.63, 3.8) is 0 Å². The number of alkyl halides is 3. The Morgan fingerprint density at radius 3 is 1.04 bits per heavy atom. The van der Waals surface area contributed by atoms with Crippen molar-refractivity contribution >= 4 is 134 Å². The molecule has 7 atom stereocenters. The number of nitrogens with zero attached hydrogens (tertiary/aromatic N) is 8. The normalized spacial score (nSPS) is 18.8. The molecule has 7 heterocycles. The zero-order chi connectivity index (χ0) is 98.4. The number of rotatable bonds is 19. The summed E-state index contributed by atoms with van der Waals surface area (Å²) < 4.78 is 45.6. The average molecular weight is 2040 g/mol. The summed E-state index contributed by atoms with van der Waals surface area (Å²) in [4.78, 5) is 69.5. The molecular weight excluding hydrogens is 1900 g/mol. The molecule has 8 N–H and O–H groups in total. The molecule has 34 heteroatoms. The van der Waals surface area contributed by atoms with Crippen LogP contribution in [-0.4, -0.2) is 266 Å². The van der Waals surface area contributed by atoms with Crippen LogP contribution in [0.1, 0.15) is 160 Å². The van der Waals surface area contributed by atoms with Gasteiger partial charge in [-0.1, -0.05) is 285 Å². The number of primary amides is 1. The van der Waals surface area contributed by atoms with Gasteiger partial charge >= 0.3 is 41.2 Å². The molecule has 0 saturated carbocycles. The number of aliphatic hydroxyl groups is 2. The van der Waals surface area contributed by atoms with Crippen LogP contribution in [0.2, 0.25) is 0 Å². The van der Waals surface area contributed by atoms with Crippen LogP contribution >= 0.6 is 67.8 Å². The maximum atomic E-state index is 12.8. The Balaban J connectivity index is 0.00000154. The van der Waals surface area contributed by atoms with E-state index in [1.807, 2.05) is 218 Å². The third-order valence-corrected chi connectivity index (χ3v) is 24.3. The number of likely N-dealkylation sites (tertiary alicyclic amines) is 6. The number of carbonyl (C=O) groups is 5. The molecule has 0 aliphatic carbocycles. The first kappa shape index (κ1) is 127. The second kappa shape index (κ2) is 69.7. The molecule has 7 fully saturated rings. The number of likely N-dealkylation sites (N-methyl/N-ethyl adjacent to an activating group) is 1. The number of carboxylic acid groups (broad SMARTS) is 1. The van der Waals surface area contributed by atoms with Crippen LogP contribution in [0, 0.1) is 40.4 Å². The number of benzene rings is 8. The van der Waals surface area contributed by atoms with Crippen LogP contribution in [0.5, 0.6) is 0 Å². The standard InChI is InChI=1S/C20H24N2O.C20H22N2.C20H23NO2.C14H11N.C8H13NO3.C6H12ClN.C6H13NO.C4H9NO.C2H3ClO.CH2Cl2.CH4.Al.Cl2OS.Li.H2O4S.4H/c1-2-22-14-13-18(15-22)20(19(21)23,16-9-5-3-6-10-16)17-11-7-4-8-12-17;1-2-22-14-13-19(15-22)20(16-21,17-9-5-3-6-10-17)18-11-7-4-8-12-18;1-2-21-14-13-18(15-21)20(19(22)23,16-9-5-3-6-10-16)17-11-7-4-8-12-17;15-11-14(12-7-3-1-4-8-12)13-9-5-2-6-10-13;1-6(10)9-4-3-8(5-9)12-7(2)11;1-2-8-4-3-6(7)5-8;1-2-7-4-3-6(8)5-7;6-4-1-2-5-3-4;1-2(3)4;2-1-3;;;1-4(2)3;;1-5(2,3)4;;;;/h3-12,18H,2,13-15H2,1H3,(H2,21,23);3-12,19H,2,13-15H2,1H3;3-12,18H,2,13-15H2,1H3,(H,22,23);1-10,14H;8H,3-5H2,1-2H3;6H,2-5H2,1H3;6,8H,2-5H2,1H3;4-6H,1-3H2;1H3;1H2;1H4;;;;(H2,1,2,3,4);;;;/q;;;;;;;;;;;;;+1;;;;;-1/t18-;19-;18-;;8-;2*6-;4-;;;;;;;;;;;/m000.0100.........../s1. The number of aliphatic hydroxyl groups excluding tert-OH is 2. The fourth-order valence-corrected chi connectivity index (χ4v) is 17.7. The zero-order valence-electron chi connectivity index (χ0n) is 79.5. The number of amides is 2. The second-order valence-electron chi connectivity index (χ2n) is 32.4. The average Bonchev–Trinajstić information content (AvgIpc) is 1.74. The van der Waals surface area contributed by atoms with Crippen LogP contribution in [-0.2, 0) is 64.6 Å². The largest absolute Gasteiger partial charge is 1.00 e. The van der Waals surface area contributed by atoms with Gasteiger partial charge in [-0.15, -0.1) is 34.8 Å². The molecule has 742 valence electrons. The van der Waals surface area contributed by atoms with Crippen molar-refractivity contribution in [2.24, 2.45) is 23.5 Å². The molecule has 8 aromatic carbocycles. The van der Waals surface area contributed by atoms with Gasteiger partial charge < -0.3 is 61.9 Å². The molecule has 2 amide bonds. The van der Waals surface area contributed by atoms with Crippen molar-refractivity contribution in [2.45, 2.75) is 154 Å². The predicted molar refractivity (Wildman–Crippen MR) is 554 cm³/mol. The minimum Gasteiger partial charge on any atom is -1.00 e. The third-order valence-electron chi connectivity index (χ3n) is 24.0. The zero-order valence-corrected chi connectivity index (χ0v) is 84.6. The smallest absolute Gasteiger partial charge is 1.00 e. The summed E-state index contributed by atoms with van der Waals surface area (Å²) in [6.07, 6.45) is 6.60. The van der Waals surface area contributed by atoms with Crippen LogP contribution in [0.15, 0.2) is 243 Å². The minimum absolute atomic E-state index is 0. The van der Waals surface area contributed by atoms with E-state index in [1.54, 1.807) is 4.90 Å². The molecule has 0 spiro atoms. The van der Waals surface area contributed by atoms with E-state index in [1.165, 1.54) is 33.7 Å². The second-order valence-corrected chi connectivity index (χ2v) is 37.7. The maximum absolute atomic E-state index is 12.8. The number of hydrogen-bond acceptors (Lipinski definition) is 19. The monoisotopic (exact) mass is 2040 g/mol. The topological polar surface area (TPSA) is 352 Å². The molecule has 0 aromatic heterocycles. The Morgan fingerprint density at radius 2 is 0.809 bits per heavy atom. The van der Waals surface area contributed by atoms with E-state index in [2.05, 4.69) is 134 Å². The van der Waals surface area contributed by atoms with Gasteiger partial charge in [0.05, 0.1) is 42.1 Å². The van der Waals surface area contributed by atoms with E-state index in [0.29, 0.717) is 24.4 Å². The van der Waals surface area contributed by atoms with Gasteiger partial charge in [-0.25, -0.2) is 4.21 Å². The molecule has 0 unspecified atom stereocenters. The molecule has 15 rings (SSSR count). The number of nitriles is 2. The van der Waals surface area contributed by atoms with Gasteiger partial charge in [0.1, 0.15) is 22.3 Å². The minimum atomic E-state index is -4.67. The van der Waals surface area contributed by atoms with Crippen LogP contribution < -0.4 is 29.9 Å². The Labute approximate surface area is 864 Å². The van der Waals surface area contributed by atoms with Gasteiger partial charge in [0, 0.05) is 106 Å². The van der Waals surface area contributed by atoms with E-state index in [4.69, 9.17) is 77.2 Å². The molecule has 7 aliphatic rings. The molecular formula is C102H142AlCl6LiN10O14S2. The Bertz CT molecular complexity index is 4530. The number of nitrogens with one attached hydrogen (secondary N) is 1. The summed E-state index contributed by atoms with van der Waals surface area (Å²) in [5, 5.41) is 50.7. The number of nitrogens with two attached hydrogens (primary N) is 1. The van der Waals surface area contributed by atoms with Crippen molar-refractivity contribution in [3.05, 3.63) is 287 Å². The number of β-amino-alcohol motifs (C(OH)–C–C–N with tert-alkyl or cyclic N) is 2. The molecule has 24 nitrogen and oxygen atoms in total. The molecule has 136 heavy (non-hydrogen) atoms. The number of aliphatic carboxylic acids is 1. The van der Waals surface area contributed by atoms with Gasteiger partial charge in [-0.05, 0) is 178 Å². The van der Waals surface area contributed by atoms with Gasteiger partial charge in [-0.3, -0.25) is 33.1 Å². The van der Waals surface area contributed by atoms with Gasteiger partial charge in [0.2, 0.25) is 26.3 Å². The molecule has 0 bridgehead atoms. The van der Waals surface area contributed by atoms with Crippen molar-refractivity contribution < 1.29 is 86.0 Å². The van der Waals surface area contributed by atoms with E-state index >= 15 is 0 Å². The number of ether oxygens (including phenoxy) is 1. The van der Waals surface area contributed by atoms with E-state index in [-0.39, 0.29) is 110 Å². The van der Waals surface area contributed by atoms with Gasteiger partial charge in [0.25, 0.3) is 0 Å². The van der Waals surface area contributed by atoms with Crippen LogP contribution in [0.3, 0.4) is 0 Å². The third kappa shape index (κ3) is 43.5. The number of halogens is 6. The fraction of sp³-hybridized carbons (Fsp3) is 0.461. The Kier molecular flexibility index (Phi) is 65.0. The quantitative estimate of drug-likeness (QED) is 0.0130. The molecule has 7 saturated heterocycles. The van der Waals surface area contributed by atoms with Crippen LogP contribution in [0.25, 0.3) is 0 Å².